The smallest absolute Gasteiger partial charge is 0.321 e. The first-order chi connectivity index (χ1) is 7.34. The van der Waals surface area contributed by atoms with Crippen LogP contribution in [0.1, 0.15) is 41.0 Å². The van der Waals surface area contributed by atoms with Crippen molar-refractivity contribution in [2.45, 2.75) is 53.1 Å². The van der Waals surface area contributed by atoms with Crippen LogP contribution in [0.2, 0.25) is 0 Å². The molecule has 4 atom stereocenters. The molecular weight excluding hydrogens is 202 g/mol. The van der Waals surface area contributed by atoms with E-state index in [1.165, 1.54) is 6.42 Å². The first kappa shape index (κ1) is 13.5. The van der Waals surface area contributed by atoms with Gasteiger partial charge in [0.05, 0.1) is 0 Å². The molecule has 1 fully saturated rings. The number of rotatable bonds is 3. The van der Waals surface area contributed by atoms with Gasteiger partial charge in [-0.3, -0.25) is 9.69 Å². The molecule has 1 aliphatic rings. The van der Waals surface area contributed by atoms with Gasteiger partial charge in [-0.1, -0.05) is 27.7 Å². The lowest BCUT2D eigenvalue weighted by atomic mass is 9.83. The molecule has 0 bridgehead atoms. The number of carboxylic acid groups (broad SMARTS) is 1. The van der Waals surface area contributed by atoms with Gasteiger partial charge < -0.3 is 5.11 Å². The molecule has 0 aromatic rings. The predicted octanol–water partition coefficient (Wildman–Crippen LogP) is 2.46. The molecule has 0 spiro atoms. The molecule has 1 aliphatic heterocycles. The minimum absolute atomic E-state index is 0.164. The highest BCUT2D eigenvalue weighted by Crippen LogP contribution is 2.30. The number of carbonyl (C=O) groups is 1. The molecule has 0 aromatic carbocycles. The maximum Gasteiger partial charge on any atom is 0.321 e. The quantitative estimate of drug-likeness (QED) is 0.805. The highest BCUT2D eigenvalue weighted by Gasteiger charge is 2.37. The van der Waals surface area contributed by atoms with E-state index in [0.29, 0.717) is 17.9 Å². The van der Waals surface area contributed by atoms with Gasteiger partial charge in [-0.25, -0.2) is 0 Å². The number of piperidine rings is 1. The molecule has 0 radical (unpaired) electrons. The Bertz CT molecular complexity index is 252. The van der Waals surface area contributed by atoms with Crippen molar-refractivity contribution >= 4 is 5.97 Å². The molecule has 0 saturated carbocycles. The van der Waals surface area contributed by atoms with Crippen LogP contribution in [0.3, 0.4) is 0 Å². The Morgan fingerprint density at radius 1 is 1.31 bits per heavy atom. The third kappa shape index (κ3) is 2.76. The van der Waals surface area contributed by atoms with Crippen LogP contribution in [0.15, 0.2) is 0 Å². The summed E-state index contributed by atoms with van der Waals surface area (Å²) in [6.07, 6.45) is 1.21. The molecule has 1 N–H and O–H groups in total. The average molecular weight is 227 g/mol. The maximum absolute atomic E-state index is 11.4. The highest BCUT2D eigenvalue weighted by molar-refractivity contribution is 5.73. The predicted molar refractivity (Wildman–Crippen MR) is 65.4 cm³/mol. The summed E-state index contributed by atoms with van der Waals surface area (Å²) in [7, 11) is 0. The third-order valence-corrected chi connectivity index (χ3v) is 3.89. The van der Waals surface area contributed by atoms with Crippen molar-refractivity contribution in [3.05, 3.63) is 0 Å². The minimum atomic E-state index is -0.678. The molecule has 3 nitrogen and oxygen atoms in total. The van der Waals surface area contributed by atoms with Crippen LogP contribution in [-0.2, 0) is 4.79 Å². The minimum Gasteiger partial charge on any atom is -0.480 e. The maximum atomic E-state index is 11.4. The number of hydrogen-bond acceptors (Lipinski definition) is 2. The largest absolute Gasteiger partial charge is 0.480 e. The summed E-state index contributed by atoms with van der Waals surface area (Å²) in [5.41, 5.74) is 0. The van der Waals surface area contributed by atoms with Gasteiger partial charge in [-0.05, 0) is 31.1 Å². The summed E-state index contributed by atoms with van der Waals surface area (Å²) in [5.74, 6) is 0.678. The summed E-state index contributed by atoms with van der Waals surface area (Å²) in [5, 5.41) is 9.34. The molecule has 94 valence electrons. The Labute approximate surface area is 98.8 Å². The zero-order valence-electron chi connectivity index (χ0n) is 11.1. The van der Waals surface area contributed by atoms with E-state index in [4.69, 9.17) is 0 Å². The fourth-order valence-corrected chi connectivity index (χ4v) is 2.94. The number of carboxylic acids is 1. The average Bonchev–Trinajstić information content (AvgIpc) is 2.12. The summed E-state index contributed by atoms with van der Waals surface area (Å²) in [6.45, 7) is 11.5. The van der Waals surface area contributed by atoms with E-state index in [1.807, 2.05) is 13.8 Å². The molecule has 0 aromatic heterocycles. The lowest BCUT2D eigenvalue weighted by Gasteiger charge is -2.45. The monoisotopic (exact) mass is 227 g/mol. The van der Waals surface area contributed by atoms with Crippen LogP contribution >= 0.6 is 0 Å². The molecule has 4 unspecified atom stereocenters. The molecular formula is C13H25NO2. The van der Waals surface area contributed by atoms with Crippen LogP contribution < -0.4 is 0 Å². The standard InChI is InChI=1S/C13H25NO2/c1-8(2)12(13(15)16)14-7-9(3)6-10(4)11(14)5/h8-12H,6-7H2,1-5H3,(H,15,16). The van der Waals surface area contributed by atoms with Crippen LogP contribution in [0.5, 0.6) is 0 Å². The fraction of sp³-hybridized carbons (Fsp3) is 0.923. The van der Waals surface area contributed by atoms with Gasteiger partial charge in [0, 0.05) is 12.6 Å². The zero-order chi connectivity index (χ0) is 12.5. The van der Waals surface area contributed by atoms with Crippen molar-refractivity contribution < 1.29 is 9.90 Å². The second kappa shape index (κ2) is 5.17. The van der Waals surface area contributed by atoms with E-state index in [-0.39, 0.29) is 12.0 Å². The van der Waals surface area contributed by atoms with E-state index in [1.54, 1.807) is 0 Å². The van der Waals surface area contributed by atoms with Crippen molar-refractivity contribution in [3.63, 3.8) is 0 Å². The number of aliphatic carboxylic acids is 1. The van der Waals surface area contributed by atoms with E-state index in [9.17, 15) is 9.90 Å². The van der Waals surface area contributed by atoms with Gasteiger partial charge in [-0.15, -0.1) is 0 Å². The van der Waals surface area contributed by atoms with Crippen LogP contribution in [0.4, 0.5) is 0 Å². The van der Waals surface area contributed by atoms with Crippen LogP contribution in [0.25, 0.3) is 0 Å². The Balaban J connectivity index is 2.86. The molecule has 0 amide bonds. The summed E-state index contributed by atoms with van der Waals surface area (Å²) < 4.78 is 0. The molecule has 3 heteroatoms. The van der Waals surface area contributed by atoms with Crippen LogP contribution in [0, 0.1) is 17.8 Å². The zero-order valence-corrected chi connectivity index (χ0v) is 11.1. The van der Waals surface area contributed by atoms with Gasteiger partial charge in [0.25, 0.3) is 0 Å². The Hall–Kier alpha value is -0.570. The Kier molecular flexibility index (Phi) is 4.36. The number of nitrogens with zero attached hydrogens (tertiary/aromatic N) is 1. The molecule has 1 saturated heterocycles. The Morgan fingerprint density at radius 2 is 1.88 bits per heavy atom. The number of hydrogen-bond donors (Lipinski definition) is 1. The highest BCUT2D eigenvalue weighted by atomic mass is 16.4. The SMILES string of the molecule is CC1CC(C)C(C)N(C(C(=O)O)C(C)C)C1. The molecule has 1 rings (SSSR count). The lowest BCUT2D eigenvalue weighted by Crippen LogP contribution is -2.55. The van der Waals surface area contributed by atoms with Crippen LogP contribution in [-0.4, -0.2) is 34.6 Å². The van der Waals surface area contributed by atoms with Crippen molar-refractivity contribution in [2.24, 2.45) is 17.8 Å². The molecule has 1 heterocycles. The Morgan fingerprint density at radius 3 is 2.31 bits per heavy atom. The third-order valence-electron chi connectivity index (χ3n) is 3.89. The summed E-state index contributed by atoms with van der Waals surface area (Å²) >= 11 is 0. The summed E-state index contributed by atoms with van der Waals surface area (Å²) in [4.78, 5) is 13.5. The van der Waals surface area contributed by atoms with Crippen molar-refractivity contribution in [1.82, 2.24) is 4.90 Å². The van der Waals surface area contributed by atoms with E-state index in [2.05, 4.69) is 25.7 Å². The van der Waals surface area contributed by atoms with Gasteiger partial charge in [-0.2, -0.15) is 0 Å². The van der Waals surface area contributed by atoms with Gasteiger partial charge >= 0.3 is 5.97 Å². The van der Waals surface area contributed by atoms with E-state index >= 15 is 0 Å². The second-order valence-corrected chi connectivity index (χ2v) is 5.78. The first-order valence-corrected chi connectivity index (χ1v) is 6.33. The van der Waals surface area contributed by atoms with E-state index < -0.39 is 5.97 Å². The van der Waals surface area contributed by atoms with E-state index in [0.717, 1.165) is 6.54 Å². The molecule has 0 aliphatic carbocycles. The normalized spacial score (nSPS) is 34.0. The van der Waals surface area contributed by atoms with Gasteiger partial charge in [0.15, 0.2) is 0 Å². The fourth-order valence-electron chi connectivity index (χ4n) is 2.94. The van der Waals surface area contributed by atoms with Gasteiger partial charge in [0.1, 0.15) is 6.04 Å². The number of likely N-dealkylation sites (tertiary alicyclic amines) is 1. The van der Waals surface area contributed by atoms with Crippen molar-refractivity contribution in [2.75, 3.05) is 6.54 Å². The van der Waals surface area contributed by atoms with Crippen molar-refractivity contribution in [1.29, 1.82) is 0 Å². The second-order valence-electron chi connectivity index (χ2n) is 5.78. The topological polar surface area (TPSA) is 40.5 Å². The lowest BCUT2D eigenvalue weighted by molar-refractivity contribution is -0.148. The first-order valence-electron chi connectivity index (χ1n) is 6.33. The van der Waals surface area contributed by atoms with Gasteiger partial charge in [0.2, 0.25) is 0 Å². The molecule has 16 heavy (non-hydrogen) atoms. The summed E-state index contributed by atoms with van der Waals surface area (Å²) in [6, 6.07) is 0.0416. The van der Waals surface area contributed by atoms with Crippen molar-refractivity contribution in [3.8, 4) is 0 Å².